The van der Waals surface area contributed by atoms with Crippen LogP contribution in [0.3, 0.4) is 0 Å². The van der Waals surface area contributed by atoms with E-state index in [0.717, 1.165) is 3.79 Å². The van der Waals surface area contributed by atoms with Gasteiger partial charge in [-0.05, 0) is 64.0 Å². The summed E-state index contributed by atoms with van der Waals surface area (Å²) < 4.78 is 0.737. The number of hydrogen-bond donors (Lipinski definition) is 2. The van der Waals surface area contributed by atoms with Gasteiger partial charge in [-0.25, -0.2) is 4.98 Å². The second-order valence-electron chi connectivity index (χ2n) is 8.24. The summed E-state index contributed by atoms with van der Waals surface area (Å²) in [7, 11) is 0. The molecule has 1 aliphatic heterocycles. The fourth-order valence-corrected chi connectivity index (χ4v) is 5.80. The maximum Gasteiger partial charge on any atom is 0.267 e. The quantitative estimate of drug-likeness (QED) is 0.310. The van der Waals surface area contributed by atoms with E-state index in [1.807, 2.05) is 12.1 Å². The zero-order valence-corrected chi connectivity index (χ0v) is 22.3. The van der Waals surface area contributed by atoms with Crippen molar-refractivity contribution < 1.29 is 14.4 Å². The van der Waals surface area contributed by atoms with Gasteiger partial charge in [0.25, 0.3) is 11.8 Å². The van der Waals surface area contributed by atoms with E-state index in [0.29, 0.717) is 27.6 Å². The molecule has 5 rings (SSSR count). The summed E-state index contributed by atoms with van der Waals surface area (Å²) in [6, 6.07) is 16.5. The summed E-state index contributed by atoms with van der Waals surface area (Å²) in [5.74, 6) is -0.579. The molecule has 1 atom stereocenters. The van der Waals surface area contributed by atoms with Gasteiger partial charge in [0.2, 0.25) is 5.91 Å². The van der Waals surface area contributed by atoms with Gasteiger partial charge in [0.15, 0.2) is 0 Å². The second-order valence-corrected chi connectivity index (χ2v) is 11.1. The minimum absolute atomic E-state index is 0.112. The Hall–Kier alpha value is -3.60. The first-order valence-electron chi connectivity index (χ1n) is 11.2. The van der Waals surface area contributed by atoms with Crippen molar-refractivity contribution in [3.63, 3.8) is 0 Å². The van der Waals surface area contributed by atoms with Crippen LogP contribution in [0.1, 0.15) is 31.3 Å². The van der Waals surface area contributed by atoms with Crippen LogP contribution in [-0.2, 0) is 17.8 Å². The number of pyridine rings is 2. The summed E-state index contributed by atoms with van der Waals surface area (Å²) in [5.41, 5.74) is 2.10. The number of nitrogens with zero attached hydrogens (tertiary/aromatic N) is 3. The zero-order chi connectivity index (χ0) is 25.9. The molecule has 2 N–H and O–H groups in total. The molecule has 0 spiro atoms. The number of fused-ring (bicyclic) bond motifs is 1. The van der Waals surface area contributed by atoms with Crippen LogP contribution in [0.15, 0.2) is 76.8 Å². The first-order valence-corrected chi connectivity index (χ1v) is 13.2. The Bertz CT molecular complexity index is 1480. The highest BCUT2D eigenvalue weighted by Gasteiger charge is 2.37. The first kappa shape index (κ1) is 25.1. The molecule has 8 nitrogen and oxygen atoms in total. The highest BCUT2D eigenvalue weighted by atomic mass is 79.9. The fraction of sp³-hybridized carbons (Fsp3) is 0.115. The van der Waals surface area contributed by atoms with Crippen LogP contribution in [-0.4, -0.2) is 38.6 Å². The molecular formula is C26H19BrClN5O3S. The molecular weight excluding hydrogens is 578 g/mol. The molecule has 11 heteroatoms. The number of hydrogen-bond acceptors (Lipinski definition) is 6. The van der Waals surface area contributed by atoms with Gasteiger partial charge in [0.1, 0.15) is 16.7 Å². The molecule has 0 saturated heterocycles. The molecule has 0 aliphatic carbocycles. The Morgan fingerprint density at radius 1 is 1.08 bits per heavy atom. The number of halogens is 2. The van der Waals surface area contributed by atoms with Gasteiger partial charge >= 0.3 is 0 Å². The third kappa shape index (κ3) is 5.56. The van der Waals surface area contributed by atoms with Crippen molar-refractivity contribution in [2.75, 3.05) is 10.6 Å². The average molecular weight is 597 g/mol. The van der Waals surface area contributed by atoms with Crippen LogP contribution in [0.25, 0.3) is 0 Å². The topological polar surface area (TPSA) is 104 Å². The lowest BCUT2D eigenvalue weighted by Crippen LogP contribution is -2.46. The van der Waals surface area contributed by atoms with E-state index in [-0.39, 0.29) is 35.4 Å². The molecule has 0 radical (unpaired) electrons. The smallest absolute Gasteiger partial charge is 0.267 e. The standard InChI is InChI=1S/C26H19BrClN5O3S/c27-21-13-19-23(37-21)26(36)33(20(25(35)31-19)12-16-5-1-3-9-29-16)14-15-7-8-17(18(28)11-15)24(34)32-22-6-2-4-10-30-22/h1-11,13,20H,12,14H2,(H,31,35)(H,30,32,34). The van der Waals surface area contributed by atoms with Gasteiger partial charge in [0.05, 0.1) is 20.1 Å². The normalized spacial score (nSPS) is 15.1. The number of rotatable bonds is 6. The van der Waals surface area contributed by atoms with Crippen LogP contribution in [0.4, 0.5) is 11.5 Å². The van der Waals surface area contributed by atoms with E-state index in [1.165, 1.54) is 16.2 Å². The first-order chi connectivity index (χ1) is 17.9. The van der Waals surface area contributed by atoms with Gasteiger partial charge in [-0.2, -0.15) is 0 Å². The Morgan fingerprint density at radius 2 is 1.86 bits per heavy atom. The maximum atomic E-state index is 13.7. The molecule has 0 fully saturated rings. The maximum absolute atomic E-state index is 13.7. The van der Waals surface area contributed by atoms with Crippen molar-refractivity contribution in [1.82, 2.24) is 14.9 Å². The van der Waals surface area contributed by atoms with Crippen molar-refractivity contribution in [2.45, 2.75) is 19.0 Å². The van der Waals surface area contributed by atoms with E-state index >= 15 is 0 Å². The lowest BCUT2D eigenvalue weighted by molar-refractivity contribution is -0.120. The van der Waals surface area contributed by atoms with Crippen LogP contribution < -0.4 is 10.6 Å². The molecule has 4 aromatic rings. The molecule has 37 heavy (non-hydrogen) atoms. The van der Waals surface area contributed by atoms with Gasteiger partial charge in [-0.15, -0.1) is 11.3 Å². The Balaban J connectivity index is 1.44. The number of carbonyl (C=O) groups excluding carboxylic acids is 3. The SMILES string of the molecule is O=C(Nc1ccccn1)c1ccc(CN2C(=O)c3sc(Br)cc3NC(=O)C2Cc2ccccn2)cc1Cl. The molecule has 3 amide bonds. The molecule has 186 valence electrons. The van der Waals surface area contributed by atoms with Gasteiger partial charge in [-0.3, -0.25) is 19.4 Å². The predicted molar refractivity (Wildman–Crippen MR) is 146 cm³/mol. The van der Waals surface area contributed by atoms with E-state index in [4.69, 9.17) is 11.6 Å². The average Bonchev–Trinajstić information content (AvgIpc) is 3.23. The number of benzene rings is 1. The monoisotopic (exact) mass is 595 g/mol. The highest BCUT2D eigenvalue weighted by Crippen LogP contribution is 2.36. The third-order valence-corrected chi connectivity index (χ3v) is 7.70. The highest BCUT2D eigenvalue weighted by molar-refractivity contribution is 9.11. The van der Waals surface area contributed by atoms with Crippen LogP contribution >= 0.6 is 38.9 Å². The Morgan fingerprint density at radius 3 is 2.57 bits per heavy atom. The Labute approximate surface area is 229 Å². The van der Waals surface area contributed by atoms with Gasteiger partial charge in [-0.1, -0.05) is 29.8 Å². The molecule has 0 saturated carbocycles. The summed E-state index contributed by atoms with van der Waals surface area (Å²) >= 11 is 11.1. The zero-order valence-electron chi connectivity index (χ0n) is 19.2. The lowest BCUT2D eigenvalue weighted by atomic mass is 10.1. The van der Waals surface area contributed by atoms with Crippen molar-refractivity contribution in [1.29, 1.82) is 0 Å². The second kappa shape index (κ2) is 10.8. The molecule has 1 aliphatic rings. The predicted octanol–water partition coefficient (Wildman–Crippen LogP) is 5.41. The van der Waals surface area contributed by atoms with Gasteiger partial charge < -0.3 is 15.5 Å². The van der Waals surface area contributed by atoms with Crippen molar-refractivity contribution in [3.8, 4) is 0 Å². The van der Waals surface area contributed by atoms with E-state index < -0.39 is 11.9 Å². The van der Waals surface area contributed by atoms with Crippen molar-refractivity contribution in [2.24, 2.45) is 0 Å². The van der Waals surface area contributed by atoms with E-state index in [2.05, 4.69) is 36.5 Å². The van der Waals surface area contributed by atoms with Crippen LogP contribution in [0, 0.1) is 0 Å². The number of nitrogens with one attached hydrogen (secondary N) is 2. The van der Waals surface area contributed by atoms with Gasteiger partial charge in [0, 0.05) is 31.1 Å². The van der Waals surface area contributed by atoms with Crippen LogP contribution in [0.2, 0.25) is 5.02 Å². The summed E-state index contributed by atoms with van der Waals surface area (Å²) in [5, 5.41) is 5.81. The van der Waals surface area contributed by atoms with E-state index in [9.17, 15) is 14.4 Å². The van der Waals surface area contributed by atoms with Crippen molar-refractivity contribution in [3.05, 3.63) is 104 Å². The summed E-state index contributed by atoms with van der Waals surface area (Å²) in [6.07, 6.45) is 3.47. The number of aromatic nitrogens is 2. The number of thiophene rings is 1. The molecule has 3 aromatic heterocycles. The largest absolute Gasteiger partial charge is 0.323 e. The lowest BCUT2D eigenvalue weighted by Gasteiger charge is -2.28. The summed E-state index contributed by atoms with van der Waals surface area (Å²) in [4.78, 5) is 50.1. The van der Waals surface area contributed by atoms with E-state index in [1.54, 1.807) is 60.9 Å². The third-order valence-electron chi connectivity index (χ3n) is 5.76. The van der Waals surface area contributed by atoms with Crippen LogP contribution in [0.5, 0.6) is 0 Å². The summed E-state index contributed by atoms with van der Waals surface area (Å²) in [6.45, 7) is 0.112. The minimum atomic E-state index is -0.799. The molecule has 1 unspecified atom stereocenters. The number of anilines is 2. The minimum Gasteiger partial charge on any atom is -0.323 e. The number of amides is 3. The number of carbonyl (C=O) groups is 3. The molecule has 4 heterocycles. The molecule has 0 bridgehead atoms. The van der Waals surface area contributed by atoms with Crippen molar-refractivity contribution >= 4 is 68.1 Å². The Kier molecular flexibility index (Phi) is 7.31. The fourth-order valence-electron chi connectivity index (χ4n) is 4.00. The molecule has 1 aromatic carbocycles.